The highest BCUT2D eigenvalue weighted by Crippen LogP contribution is 2.29. The van der Waals surface area contributed by atoms with E-state index in [9.17, 15) is 14.4 Å². The number of fused-ring (bicyclic) bond motifs is 1. The number of hydrogen-bond donors (Lipinski definition) is 1. The summed E-state index contributed by atoms with van der Waals surface area (Å²) < 4.78 is 11.1. The number of nitrogens with zero attached hydrogens (tertiary/aromatic N) is 1. The van der Waals surface area contributed by atoms with E-state index in [4.69, 9.17) is 19.7 Å². The summed E-state index contributed by atoms with van der Waals surface area (Å²) >= 11 is 0. The van der Waals surface area contributed by atoms with Gasteiger partial charge in [0.1, 0.15) is 11.5 Å². The van der Waals surface area contributed by atoms with Crippen molar-refractivity contribution in [2.45, 2.75) is 32.1 Å². The first-order valence-corrected chi connectivity index (χ1v) is 8.08. The average molecular weight is 346 g/mol. The van der Waals surface area contributed by atoms with Crippen molar-refractivity contribution in [3.05, 3.63) is 23.8 Å². The van der Waals surface area contributed by atoms with Crippen molar-refractivity contribution in [1.82, 2.24) is 5.06 Å². The van der Waals surface area contributed by atoms with E-state index in [0.29, 0.717) is 41.7 Å². The van der Waals surface area contributed by atoms with Crippen molar-refractivity contribution in [2.24, 2.45) is 0 Å². The normalized spacial score (nSPS) is 16.5. The van der Waals surface area contributed by atoms with E-state index >= 15 is 0 Å². The van der Waals surface area contributed by atoms with E-state index in [1.165, 1.54) is 0 Å². The van der Waals surface area contributed by atoms with Gasteiger partial charge in [-0.2, -0.15) is 0 Å². The topological polar surface area (TPSA) is 106 Å². The molecule has 2 amide bonds. The van der Waals surface area contributed by atoms with Gasteiger partial charge in [0.15, 0.2) is 0 Å². The minimum Gasteiger partial charge on any atom is -0.493 e. The molecule has 25 heavy (non-hydrogen) atoms. The van der Waals surface area contributed by atoms with Crippen LogP contribution in [-0.2, 0) is 19.2 Å². The third-order valence-corrected chi connectivity index (χ3v) is 3.88. The molecule has 0 radical (unpaired) electrons. The molecule has 0 aliphatic carbocycles. The van der Waals surface area contributed by atoms with Gasteiger partial charge >= 0.3 is 5.97 Å². The predicted molar refractivity (Wildman–Crippen MR) is 85.3 cm³/mol. The van der Waals surface area contributed by atoms with E-state index in [2.05, 4.69) is 0 Å². The Hall–Kier alpha value is -2.90. The summed E-state index contributed by atoms with van der Waals surface area (Å²) in [5.74, 6) is -0.413. The zero-order valence-electron chi connectivity index (χ0n) is 13.6. The van der Waals surface area contributed by atoms with Gasteiger partial charge in [-0.25, -0.2) is 4.79 Å². The van der Waals surface area contributed by atoms with Gasteiger partial charge < -0.3 is 19.7 Å². The van der Waals surface area contributed by atoms with Gasteiger partial charge in [0.2, 0.25) is 0 Å². The van der Waals surface area contributed by atoms with Crippen LogP contribution in [0.2, 0.25) is 0 Å². The minimum atomic E-state index is -0.644. The number of carbonyl (C=O) groups is 3. The lowest BCUT2D eigenvalue weighted by atomic mass is 10.0. The molecule has 1 aromatic rings. The second kappa shape index (κ2) is 7.33. The Morgan fingerprint density at radius 2 is 1.96 bits per heavy atom. The van der Waals surface area contributed by atoms with Crippen LogP contribution >= 0.6 is 0 Å². The smallest absolute Gasteiger partial charge is 0.333 e. The maximum Gasteiger partial charge on any atom is 0.333 e. The van der Waals surface area contributed by atoms with Crippen molar-refractivity contribution < 1.29 is 28.7 Å². The molecule has 0 spiro atoms. The fourth-order valence-corrected chi connectivity index (χ4v) is 2.57. The fourth-order valence-electron chi connectivity index (χ4n) is 2.57. The first-order valence-electron chi connectivity index (χ1n) is 8.08. The molecular formula is C17H18N2O6. The Kier molecular flexibility index (Phi) is 4.97. The molecule has 132 valence electrons. The van der Waals surface area contributed by atoms with Crippen LogP contribution in [0.15, 0.2) is 18.2 Å². The van der Waals surface area contributed by atoms with Crippen molar-refractivity contribution in [3.63, 3.8) is 0 Å². The summed E-state index contributed by atoms with van der Waals surface area (Å²) in [7, 11) is 0. The SMILES string of the molecule is N=C1CCOc2cc(OCCCC(=O)ON3C(=O)CCC3=O)ccc21. The number of hydroxylamine groups is 2. The average Bonchev–Trinajstić information content (AvgIpc) is 2.91. The summed E-state index contributed by atoms with van der Waals surface area (Å²) in [6, 6.07) is 5.26. The zero-order chi connectivity index (χ0) is 17.8. The second-order valence-corrected chi connectivity index (χ2v) is 5.73. The van der Waals surface area contributed by atoms with E-state index in [1.54, 1.807) is 18.2 Å². The summed E-state index contributed by atoms with van der Waals surface area (Å²) in [5.41, 5.74) is 1.31. The molecule has 0 aromatic heterocycles. The van der Waals surface area contributed by atoms with E-state index in [-0.39, 0.29) is 25.9 Å². The molecule has 0 atom stereocenters. The van der Waals surface area contributed by atoms with Crippen molar-refractivity contribution >= 4 is 23.5 Å². The molecule has 2 aliphatic heterocycles. The molecule has 8 nitrogen and oxygen atoms in total. The summed E-state index contributed by atoms with van der Waals surface area (Å²) in [6.45, 7) is 0.752. The van der Waals surface area contributed by atoms with Crippen LogP contribution in [0.1, 0.15) is 37.7 Å². The van der Waals surface area contributed by atoms with E-state index in [1.807, 2.05) is 0 Å². The third kappa shape index (κ3) is 3.96. The number of nitrogens with one attached hydrogen (secondary N) is 1. The Balaban J connectivity index is 1.43. The Bertz CT molecular complexity index is 714. The lowest BCUT2D eigenvalue weighted by Crippen LogP contribution is -2.32. The van der Waals surface area contributed by atoms with Crippen LogP contribution in [0.3, 0.4) is 0 Å². The lowest BCUT2D eigenvalue weighted by molar-refractivity contribution is -0.197. The number of rotatable bonds is 6. The summed E-state index contributed by atoms with van der Waals surface area (Å²) in [4.78, 5) is 39.1. The molecule has 0 bridgehead atoms. The summed E-state index contributed by atoms with van der Waals surface area (Å²) in [6.07, 6.45) is 1.16. The molecule has 3 rings (SSSR count). The highest BCUT2D eigenvalue weighted by Gasteiger charge is 2.32. The second-order valence-electron chi connectivity index (χ2n) is 5.73. The standard InChI is InChI=1S/C17H18N2O6/c18-13-7-9-24-14-10-11(3-4-12(13)14)23-8-1-2-17(22)25-19-15(20)5-6-16(19)21/h3-4,10,18H,1-2,5-9H2. The maximum atomic E-state index is 11.7. The van der Waals surface area contributed by atoms with Crippen LogP contribution in [0.4, 0.5) is 0 Å². The maximum absolute atomic E-state index is 11.7. The molecular weight excluding hydrogens is 328 g/mol. The number of carbonyl (C=O) groups excluding carboxylic acids is 3. The summed E-state index contributed by atoms with van der Waals surface area (Å²) in [5, 5.41) is 8.39. The number of ether oxygens (including phenoxy) is 2. The van der Waals surface area contributed by atoms with Crippen molar-refractivity contribution in [2.75, 3.05) is 13.2 Å². The largest absolute Gasteiger partial charge is 0.493 e. The van der Waals surface area contributed by atoms with Gasteiger partial charge in [0, 0.05) is 36.6 Å². The molecule has 2 aliphatic rings. The first-order chi connectivity index (χ1) is 12.0. The molecule has 0 saturated carbocycles. The Morgan fingerprint density at radius 3 is 2.72 bits per heavy atom. The van der Waals surface area contributed by atoms with Crippen molar-refractivity contribution in [3.8, 4) is 11.5 Å². The quantitative estimate of drug-likeness (QED) is 0.619. The number of hydrogen-bond acceptors (Lipinski definition) is 7. The monoisotopic (exact) mass is 346 g/mol. The van der Waals surface area contributed by atoms with Gasteiger partial charge in [-0.1, -0.05) is 0 Å². The molecule has 8 heteroatoms. The fraction of sp³-hybridized carbons (Fsp3) is 0.412. The highest BCUT2D eigenvalue weighted by atomic mass is 16.7. The predicted octanol–water partition coefficient (Wildman–Crippen LogP) is 1.60. The number of imide groups is 1. The van der Waals surface area contributed by atoms with Crippen LogP contribution in [0, 0.1) is 5.41 Å². The minimum absolute atomic E-state index is 0.0309. The Morgan fingerprint density at radius 1 is 1.20 bits per heavy atom. The molecule has 2 heterocycles. The van der Waals surface area contributed by atoms with Crippen LogP contribution in [-0.4, -0.2) is 41.8 Å². The van der Waals surface area contributed by atoms with Gasteiger partial charge in [0.25, 0.3) is 11.8 Å². The van der Waals surface area contributed by atoms with Crippen LogP contribution < -0.4 is 9.47 Å². The lowest BCUT2D eigenvalue weighted by Gasteiger charge is -2.19. The van der Waals surface area contributed by atoms with Gasteiger partial charge in [0.05, 0.1) is 19.6 Å². The molecule has 0 unspecified atom stereocenters. The third-order valence-electron chi connectivity index (χ3n) is 3.88. The molecule has 1 N–H and O–H groups in total. The van der Waals surface area contributed by atoms with Gasteiger partial charge in [-0.05, 0) is 18.6 Å². The van der Waals surface area contributed by atoms with Gasteiger partial charge in [-0.15, -0.1) is 5.06 Å². The highest BCUT2D eigenvalue weighted by molar-refractivity contribution is 6.02. The number of amides is 2. The van der Waals surface area contributed by atoms with Crippen molar-refractivity contribution in [1.29, 1.82) is 5.41 Å². The zero-order valence-corrected chi connectivity index (χ0v) is 13.6. The van der Waals surface area contributed by atoms with Crippen LogP contribution in [0.25, 0.3) is 0 Å². The van der Waals surface area contributed by atoms with Gasteiger partial charge in [-0.3, -0.25) is 9.59 Å². The molecule has 1 aromatic carbocycles. The Labute approximate surface area is 144 Å². The van der Waals surface area contributed by atoms with E-state index < -0.39 is 17.8 Å². The number of benzene rings is 1. The molecule has 1 saturated heterocycles. The van der Waals surface area contributed by atoms with Crippen LogP contribution in [0.5, 0.6) is 11.5 Å². The van der Waals surface area contributed by atoms with E-state index in [0.717, 1.165) is 5.56 Å². The first kappa shape index (κ1) is 16.9. The molecule has 1 fully saturated rings.